The van der Waals surface area contributed by atoms with Crippen LogP contribution in [0, 0.1) is 18.7 Å². The first kappa shape index (κ1) is 16.8. The molecular formula is C21H23FN4. The molecule has 0 aliphatic carbocycles. The number of rotatable bonds is 3. The van der Waals surface area contributed by atoms with Crippen LogP contribution in [0.4, 0.5) is 15.9 Å². The van der Waals surface area contributed by atoms with Crippen molar-refractivity contribution in [2.45, 2.75) is 13.3 Å². The largest absolute Gasteiger partial charge is 0.384 e. The maximum atomic E-state index is 14.6. The monoisotopic (exact) mass is 350 g/mol. The van der Waals surface area contributed by atoms with Gasteiger partial charge >= 0.3 is 0 Å². The van der Waals surface area contributed by atoms with E-state index in [9.17, 15) is 4.39 Å². The molecule has 4 N–H and O–H groups in total. The number of aromatic nitrogens is 1. The molecular weight excluding hydrogens is 327 g/mol. The van der Waals surface area contributed by atoms with Crippen molar-refractivity contribution in [1.82, 2.24) is 4.98 Å². The number of hydrogen-bond acceptors (Lipinski definition) is 4. The van der Waals surface area contributed by atoms with Crippen molar-refractivity contribution in [3.05, 3.63) is 54.0 Å². The Hall–Kier alpha value is -2.66. The van der Waals surface area contributed by atoms with Crippen molar-refractivity contribution in [2.24, 2.45) is 11.7 Å². The van der Waals surface area contributed by atoms with Gasteiger partial charge in [-0.3, -0.25) is 0 Å². The van der Waals surface area contributed by atoms with Gasteiger partial charge in [-0.05, 0) is 61.2 Å². The summed E-state index contributed by atoms with van der Waals surface area (Å²) in [4.78, 5) is 6.56. The van der Waals surface area contributed by atoms with Crippen LogP contribution in [0.5, 0.6) is 0 Å². The molecule has 0 spiro atoms. The average Bonchev–Trinajstić information content (AvgIpc) is 3.10. The quantitative estimate of drug-likeness (QED) is 0.755. The lowest BCUT2D eigenvalue weighted by atomic mass is 9.96. The molecule has 2 heterocycles. The SMILES string of the molecule is Cc1cccc(F)c1-c1cc(N2CC[C@@H](CN)C2)c2cc(N)ncc2c1. The molecule has 4 nitrogen and oxygen atoms in total. The number of fused-ring (bicyclic) bond motifs is 1. The van der Waals surface area contributed by atoms with Crippen molar-refractivity contribution in [1.29, 1.82) is 0 Å². The Morgan fingerprint density at radius 1 is 1.27 bits per heavy atom. The van der Waals surface area contributed by atoms with Crippen molar-refractivity contribution in [3.63, 3.8) is 0 Å². The zero-order valence-corrected chi connectivity index (χ0v) is 14.9. The molecule has 0 amide bonds. The van der Waals surface area contributed by atoms with Crippen molar-refractivity contribution in [3.8, 4) is 11.1 Å². The molecule has 3 aromatic rings. The minimum atomic E-state index is -0.208. The van der Waals surface area contributed by atoms with Crippen LogP contribution < -0.4 is 16.4 Å². The van der Waals surface area contributed by atoms with E-state index < -0.39 is 0 Å². The van der Waals surface area contributed by atoms with Gasteiger partial charge in [-0.1, -0.05) is 12.1 Å². The molecule has 1 aromatic heterocycles. The number of pyridine rings is 1. The lowest BCUT2D eigenvalue weighted by molar-refractivity contribution is 0.603. The zero-order valence-electron chi connectivity index (χ0n) is 14.9. The van der Waals surface area contributed by atoms with E-state index >= 15 is 0 Å². The fraction of sp³-hybridized carbons (Fsp3) is 0.286. The molecule has 4 rings (SSSR count). The van der Waals surface area contributed by atoms with Crippen molar-refractivity contribution < 1.29 is 4.39 Å². The van der Waals surface area contributed by atoms with E-state index in [4.69, 9.17) is 11.5 Å². The molecule has 0 saturated carbocycles. The second-order valence-corrected chi connectivity index (χ2v) is 7.09. The van der Waals surface area contributed by atoms with Gasteiger partial charge in [0.05, 0.1) is 0 Å². The third-order valence-electron chi connectivity index (χ3n) is 5.31. The van der Waals surface area contributed by atoms with Crippen molar-refractivity contribution in [2.75, 3.05) is 30.3 Å². The number of halogens is 1. The van der Waals surface area contributed by atoms with E-state index in [0.29, 0.717) is 23.8 Å². The second kappa shape index (κ2) is 6.57. The van der Waals surface area contributed by atoms with Gasteiger partial charge in [0.15, 0.2) is 0 Å². The number of nitrogens with two attached hydrogens (primary N) is 2. The lowest BCUT2D eigenvalue weighted by Gasteiger charge is -2.22. The smallest absolute Gasteiger partial charge is 0.131 e. The Bertz CT molecular complexity index is 949. The van der Waals surface area contributed by atoms with Crippen molar-refractivity contribution >= 4 is 22.3 Å². The van der Waals surface area contributed by atoms with Gasteiger partial charge in [-0.15, -0.1) is 0 Å². The summed E-state index contributed by atoms with van der Waals surface area (Å²) in [7, 11) is 0. The predicted molar refractivity (Wildman–Crippen MR) is 106 cm³/mol. The van der Waals surface area contributed by atoms with E-state index in [1.54, 1.807) is 12.3 Å². The fourth-order valence-electron chi connectivity index (χ4n) is 3.90. The van der Waals surface area contributed by atoms with Crippen LogP contribution in [0.1, 0.15) is 12.0 Å². The summed E-state index contributed by atoms with van der Waals surface area (Å²) < 4.78 is 14.6. The highest BCUT2D eigenvalue weighted by molar-refractivity contribution is 5.99. The van der Waals surface area contributed by atoms with Crippen LogP contribution in [-0.4, -0.2) is 24.6 Å². The molecule has 1 aliphatic rings. The molecule has 5 heteroatoms. The Labute approximate surface area is 152 Å². The highest BCUT2D eigenvalue weighted by Gasteiger charge is 2.24. The van der Waals surface area contributed by atoms with Gasteiger partial charge in [0.25, 0.3) is 0 Å². The van der Waals surface area contributed by atoms with Gasteiger partial charge in [0.2, 0.25) is 0 Å². The first-order valence-electron chi connectivity index (χ1n) is 8.96. The minimum absolute atomic E-state index is 0.208. The van der Waals surface area contributed by atoms with Crippen LogP contribution in [0.2, 0.25) is 0 Å². The topological polar surface area (TPSA) is 68.2 Å². The Morgan fingerprint density at radius 2 is 2.12 bits per heavy atom. The van der Waals surface area contributed by atoms with Gasteiger partial charge < -0.3 is 16.4 Å². The Morgan fingerprint density at radius 3 is 2.85 bits per heavy atom. The molecule has 1 aliphatic heterocycles. The summed E-state index contributed by atoms with van der Waals surface area (Å²) in [6.07, 6.45) is 2.84. The van der Waals surface area contributed by atoms with E-state index in [2.05, 4.69) is 16.0 Å². The molecule has 0 radical (unpaired) electrons. The summed E-state index contributed by atoms with van der Waals surface area (Å²) >= 11 is 0. The Kier molecular flexibility index (Phi) is 4.24. The normalized spacial score (nSPS) is 17.2. The van der Waals surface area contributed by atoms with Gasteiger partial charge in [0, 0.05) is 41.3 Å². The molecule has 1 fully saturated rings. The van der Waals surface area contributed by atoms with Crippen LogP contribution in [-0.2, 0) is 0 Å². The zero-order chi connectivity index (χ0) is 18.3. The number of benzene rings is 2. The summed E-state index contributed by atoms with van der Waals surface area (Å²) in [6.45, 7) is 4.47. The molecule has 2 aromatic carbocycles. The molecule has 0 bridgehead atoms. The fourth-order valence-corrected chi connectivity index (χ4v) is 3.90. The molecule has 1 atom stereocenters. The molecule has 26 heavy (non-hydrogen) atoms. The summed E-state index contributed by atoms with van der Waals surface area (Å²) in [5, 5.41) is 2.01. The standard InChI is InChI=1S/C21H23FN4/c1-13-3-2-4-18(22)21(13)15-7-16-11-25-20(24)9-17(16)19(8-15)26-6-5-14(10-23)12-26/h2-4,7-9,11,14H,5-6,10,12,23H2,1H3,(H2,24,25)/t14-/m0/s1. The first-order chi connectivity index (χ1) is 12.6. The van der Waals surface area contributed by atoms with Crippen LogP contribution in [0.15, 0.2) is 42.6 Å². The number of aryl methyl sites for hydroxylation is 1. The summed E-state index contributed by atoms with van der Waals surface area (Å²) in [5.74, 6) is 0.770. The summed E-state index contributed by atoms with van der Waals surface area (Å²) in [5.41, 5.74) is 15.3. The number of hydrogen-bond donors (Lipinski definition) is 2. The number of anilines is 2. The molecule has 0 unspecified atom stereocenters. The highest BCUT2D eigenvalue weighted by Crippen LogP contribution is 2.37. The van der Waals surface area contributed by atoms with Crippen LogP contribution in [0.3, 0.4) is 0 Å². The van der Waals surface area contributed by atoms with Crippen LogP contribution in [0.25, 0.3) is 21.9 Å². The van der Waals surface area contributed by atoms with Gasteiger partial charge in [-0.25, -0.2) is 9.37 Å². The number of nitrogens with zero attached hydrogens (tertiary/aromatic N) is 2. The van der Waals surface area contributed by atoms with Gasteiger partial charge in [0.1, 0.15) is 11.6 Å². The number of nitrogen functional groups attached to an aromatic ring is 1. The molecule has 1 saturated heterocycles. The van der Waals surface area contributed by atoms with E-state index in [0.717, 1.165) is 47.1 Å². The lowest BCUT2D eigenvalue weighted by Crippen LogP contribution is -2.23. The Balaban J connectivity index is 1.93. The van der Waals surface area contributed by atoms with Crippen LogP contribution >= 0.6 is 0 Å². The average molecular weight is 350 g/mol. The minimum Gasteiger partial charge on any atom is -0.384 e. The first-order valence-corrected chi connectivity index (χ1v) is 8.96. The maximum Gasteiger partial charge on any atom is 0.131 e. The maximum absolute atomic E-state index is 14.6. The predicted octanol–water partition coefficient (Wildman–Crippen LogP) is 3.72. The third-order valence-corrected chi connectivity index (χ3v) is 5.31. The van der Waals surface area contributed by atoms with E-state index in [1.807, 2.05) is 25.1 Å². The molecule has 134 valence electrons. The van der Waals surface area contributed by atoms with E-state index in [1.165, 1.54) is 6.07 Å². The second-order valence-electron chi connectivity index (χ2n) is 7.09. The highest BCUT2D eigenvalue weighted by atomic mass is 19.1. The van der Waals surface area contributed by atoms with E-state index in [-0.39, 0.29) is 5.82 Å². The summed E-state index contributed by atoms with van der Waals surface area (Å²) in [6, 6.07) is 11.2. The third kappa shape index (κ3) is 2.88. The van der Waals surface area contributed by atoms with Gasteiger partial charge in [-0.2, -0.15) is 0 Å².